The summed E-state index contributed by atoms with van der Waals surface area (Å²) in [5.74, 6) is 1.10. The zero-order valence-corrected chi connectivity index (χ0v) is 11.4. The van der Waals surface area contributed by atoms with Crippen molar-refractivity contribution in [2.24, 2.45) is 0 Å². The van der Waals surface area contributed by atoms with E-state index in [-0.39, 0.29) is 5.41 Å². The largest absolute Gasteiger partial charge is 0.492 e. The van der Waals surface area contributed by atoms with Gasteiger partial charge in [0.25, 0.3) is 0 Å². The first-order chi connectivity index (χ1) is 7.50. The van der Waals surface area contributed by atoms with Gasteiger partial charge in [-0.05, 0) is 35.3 Å². The van der Waals surface area contributed by atoms with Gasteiger partial charge in [0.15, 0.2) is 0 Å². The molecule has 1 heterocycles. The van der Waals surface area contributed by atoms with E-state index in [1.165, 1.54) is 11.1 Å². The van der Waals surface area contributed by atoms with Gasteiger partial charge in [0, 0.05) is 5.25 Å². The third kappa shape index (κ3) is 2.37. The molecular formula is C14H20OS. The highest BCUT2D eigenvalue weighted by Gasteiger charge is 2.21. The minimum atomic E-state index is 0.203. The highest BCUT2D eigenvalue weighted by Crippen LogP contribution is 2.33. The fraction of sp³-hybridized carbons (Fsp3) is 0.571. The van der Waals surface area contributed by atoms with Crippen LogP contribution in [0.5, 0.6) is 5.75 Å². The Hall–Kier alpha value is -0.630. The average Bonchev–Trinajstić information content (AvgIpc) is 2.26. The molecule has 2 heteroatoms. The summed E-state index contributed by atoms with van der Waals surface area (Å²) in [7, 11) is 0. The smallest absolute Gasteiger partial charge is 0.122 e. The van der Waals surface area contributed by atoms with Crippen LogP contribution in [0, 0.1) is 0 Å². The molecule has 88 valence electrons. The van der Waals surface area contributed by atoms with E-state index in [1.54, 1.807) is 0 Å². The molecule has 2 rings (SSSR count). The van der Waals surface area contributed by atoms with Gasteiger partial charge >= 0.3 is 0 Å². The maximum atomic E-state index is 5.84. The van der Waals surface area contributed by atoms with Crippen LogP contribution >= 0.6 is 11.8 Å². The number of hydrogen-bond acceptors (Lipinski definition) is 2. The highest BCUT2D eigenvalue weighted by molar-refractivity contribution is 7.99. The molecule has 0 N–H and O–H groups in total. The van der Waals surface area contributed by atoms with Crippen LogP contribution in [0.3, 0.4) is 0 Å². The summed E-state index contributed by atoms with van der Waals surface area (Å²) >= 11 is 1.89. The summed E-state index contributed by atoms with van der Waals surface area (Å²) in [4.78, 5) is 0. The van der Waals surface area contributed by atoms with Crippen LogP contribution in [0.4, 0.5) is 0 Å². The van der Waals surface area contributed by atoms with Crippen molar-refractivity contribution in [3.8, 4) is 5.75 Å². The molecule has 1 aliphatic heterocycles. The van der Waals surface area contributed by atoms with E-state index in [2.05, 4.69) is 45.2 Å². The van der Waals surface area contributed by atoms with Crippen LogP contribution in [0.1, 0.15) is 31.9 Å². The number of ether oxygens (including phenoxy) is 1. The molecule has 0 amide bonds. The first-order valence-electron chi connectivity index (χ1n) is 5.79. The van der Waals surface area contributed by atoms with E-state index in [9.17, 15) is 0 Å². The molecule has 0 aromatic heterocycles. The molecule has 16 heavy (non-hydrogen) atoms. The van der Waals surface area contributed by atoms with E-state index in [0.29, 0.717) is 5.25 Å². The van der Waals surface area contributed by atoms with Crippen LogP contribution in [0.25, 0.3) is 0 Å². The molecule has 1 aromatic carbocycles. The molecule has 0 bridgehead atoms. The van der Waals surface area contributed by atoms with Gasteiger partial charge in [-0.2, -0.15) is 11.8 Å². The van der Waals surface area contributed by atoms with E-state index in [0.717, 1.165) is 18.8 Å². The van der Waals surface area contributed by atoms with Crippen molar-refractivity contribution in [1.82, 2.24) is 0 Å². The fourth-order valence-corrected chi connectivity index (χ4v) is 2.51. The molecule has 0 aliphatic carbocycles. The monoisotopic (exact) mass is 236 g/mol. The van der Waals surface area contributed by atoms with Crippen molar-refractivity contribution < 1.29 is 4.74 Å². The Morgan fingerprint density at radius 3 is 2.69 bits per heavy atom. The second-order valence-electron chi connectivity index (χ2n) is 5.45. The van der Waals surface area contributed by atoms with Gasteiger partial charge in [0.2, 0.25) is 0 Å². The van der Waals surface area contributed by atoms with Crippen molar-refractivity contribution in [2.75, 3.05) is 12.9 Å². The molecule has 0 radical (unpaired) electrons. The van der Waals surface area contributed by atoms with Crippen LogP contribution in [0.15, 0.2) is 18.2 Å². The standard InChI is InChI=1S/C14H20OS/c1-14(2,3)11-6-5-10-7-12(16-4)9-15-13(10)8-11/h5-6,8,12H,7,9H2,1-4H3. The van der Waals surface area contributed by atoms with Crippen LogP contribution in [-0.4, -0.2) is 18.1 Å². The Balaban J connectivity index is 2.28. The number of rotatable bonds is 1. The van der Waals surface area contributed by atoms with Crippen molar-refractivity contribution in [2.45, 2.75) is 37.9 Å². The average molecular weight is 236 g/mol. The molecule has 0 saturated heterocycles. The molecule has 1 unspecified atom stereocenters. The lowest BCUT2D eigenvalue weighted by Crippen LogP contribution is -2.23. The number of hydrogen-bond donors (Lipinski definition) is 0. The maximum absolute atomic E-state index is 5.84. The zero-order chi connectivity index (χ0) is 11.8. The van der Waals surface area contributed by atoms with Crippen molar-refractivity contribution in [3.05, 3.63) is 29.3 Å². The van der Waals surface area contributed by atoms with E-state index < -0.39 is 0 Å². The predicted octanol–water partition coefficient (Wildman–Crippen LogP) is 3.65. The lowest BCUT2D eigenvalue weighted by Gasteiger charge is -2.27. The molecule has 0 fully saturated rings. The van der Waals surface area contributed by atoms with Gasteiger partial charge in [0.1, 0.15) is 12.4 Å². The van der Waals surface area contributed by atoms with E-state index >= 15 is 0 Å². The zero-order valence-electron chi connectivity index (χ0n) is 10.5. The Morgan fingerprint density at radius 1 is 1.31 bits per heavy atom. The molecule has 1 nitrogen and oxygen atoms in total. The lowest BCUT2D eigenvalue weighted by molar-refractivity contribution is 0.293. The van der Waals surface area contributed by atoms with Gasteiger partial charge in [0.05, 0.1) is 0 Å². The van der Waals surface area contributed by atoms with Crippen LogP contribution in [0.2, 0.25) is 0 Å². The number of thioether (sulfide) groups is 1. The Bertz CT molecular complexity index is 379. The summed E-state index contributed by atoms with van der Waals surface area (Å²) in [5.41, 5.74) is 2.92. The predicted molar refractivity (Wildman–Crippen MR) is 71.6 cm³/mol. The summed E-state index contributed by atoms with van der Waals surface area (Å²) < 4.78 is 5.84. The molecule has 1 aliphatic rings. The third-order valence-corrected chi connectivity index (χ3v) is 4.11. The quantitative estimate of drug-likeness (QED) is 0.736. The summed E-state index contributed by atoms with van der Waals surface area (Å²) in [6.07, 6.45) is 3.30. The van der Waals surface area contributed by atoms with Crippen LogP contribution < -0.4 is 4.74 Å². The summed E-state index contributed by atoms with van der Waals surface area (Å²) in [6, 6.07) is 6.69. The van der Waals surface area contributed by atoms with Gasteiger partial charge in [-0.25, -0.2) is 0 Å². The second kappa shape index (κ2) is 4.33. The topological polar surface area (TPSA) is 9.23 Å². The molecule has 0 saturated carbocycles. The summed E-state index contributed by atoms with van der Waals surface area (Å²) in [5, 5.41) is 0.619. The van der Waals surface area contributed by atoms with Crippen molar-refractivity contribution in [3.63, 3.8) is 0 Å². The Labute approximate surface area is 103 Å². The molecule has 0 spiro atoms. The SMILES string of the molecule is CSC1COc2cc(C(C)(C)C)ccc2C1. The van der Waals surface area contributed by atoms with Crippen molar-refractivity contribution in [1.29, 1.82) is 0 Å². The van der Waals surface area contributed by atoms with E-state index in [4.69, 9.17) is 4.74 Å². The molecule has 1 aromatic rings. The number of benzene rings is 1. The Morgan fingerprint density at radius 2 is 2.06 bits per heavy atom. The second-order valence-corrected chi connectivity index (χ2v) is 6.58. The van der Waals surface area contributed by atoms with Gasteiger partial charge in [-0.3, -0.25) is 0 Å². The fourth-order valence-electron chi connectivity index (χ4n) is 1.96. The summed E-state index contributed by atoms with van der Waals surface area (Å²) in [6.45, 7) is 7.56. The van der Waals surface area contributed by atoms with Gasteiger partial charge in [-0.15, -0.1) is 0 Å². The van der Waals surface area contributed by atoms with Crippen molar-refractivity contribution >= 4 is 11.8 Å². The number of fused-ring (bicyclic) bond motifs is 1. The highest BCUT2D eigenvalue weighted by atomic mass is 32.2. The first-order valence-corrected chi connectivity index (χ1v) is 7.08. The Kier molecular flexibility index (Phi) is 3.20. The van der Waals surface area contributed by atoms with Gasteiger partial charge < -0.3 is 4.74 Å². The third-order valence-electron chi connectivity index (χ3n) is 3.14. The normalized spacial score (nSPS) is 20.1. The maximum Gasteiger partial charge on any atom is 0.122 e. The lowest BCUT2D eigenvalue weighted by atomic mass is 9.86. The minimum absolute atomic E-state index is 0.203. The molecule has 1 atom stereocenters. The molecular weight excluding hydrogens is 216 g/mol. The van der Waals surface area contributed by atoms with Crippen LogP contribution in [-0.2, 0) is 11.8 Å². The first kappa shape index (κ1) is 11.8. The van der Waals surface area contributed by atoms with Gasteiger partial charge in [-0.1, -0.05) is 32.9 Å². The van der Waals surface area contributed by atoms with E-state index in [1.807, 2.05) is 11.8 Å². The minimum Gasteiger partial charge on any atom is -0.492 e.